The number of pyridine rings is 1. The highest BCUT2D eigenvalue weighted by Gasteiger charge is 1.99. The summed E-state index contributed by atoms with van der Waals surface area (Å²) in [4.78, 5) is 9.47. The van der Waals surface area contributed by atoms with Crippen molar-refractivity contribution < 1.29 is 0 Å². The van der Waals surface area contributed by atoms with Crippen LogP contribution in [0.3, 0.4) is 0 Å². The van der Waals surface area contributed by atoms with E-state index < -0.39 is 0 Å². The van der Waals surface area contributed by atoms with Gasteiger partial charge in [-0.25, -0.2) is 9.67 Å². The summed E-state index contributed by atoms with van der Waals surface area (Å²) in [7, 11) is 0. The van der Waals surface area contributed by atoms with E-state index in [2.05, 4.69) is 20.5 Å². The van der Waals surface area contributed by atoms with Crippen LogP contribution in [0, 0.1) is 6.92 Å². The van der Waals surface area contributed by atoms with Crippen molar-refractivity contribution in [1.82, 2.24) is 9.66 Å². The first-order chi connectivity index (χ1) is 9.83. The number of rotatable bonds is 3. The predicted molar refractivity (Wildman–Crippen MR) is 83.8 cm³/mol. The van der Waals surface area contributed by atoms with Gasteiger partial charge in [0.1, 0.15) is 0 Å². The molecule has 0 aliphatic carbocycles. The summed E-state index contributed by atoms with van der Waals surface area (Å²) >= 11 is 3.22. The van der Waals surface area contributed by atoms with Gasteiger partial charge in [0.15, 0.2) is 0 Å². The Morgan fingerprint density at radius 2 is 2.25 bits per heavy atom. The molecule has 0 radical (unpaired) electrons. The number of hydrogen-bond donors (Lipinski definition) is 0. The lowest BCUT2D eigenvalue weighted by Gasteiger charge is -1.97. The summed E-state index contributed by atoms with van der Waals surface area (Å²) in [6.07, 6.45) is 5.32. The first kappa shape index (κ1) is 13.0. The second kappa shape index (κ2) is 5.94. The topological polar surface area (TPSA) is 42.5 Å². The standard InChI is InChI=1S/C14H12N4S2/c1-11-9-20-14(17-13-3-2-5-15-8-13)18(11)16-7-12-4-6-19-10-12/h2-10H,1H3. The highest BCUT2D eigenvalue weighted by Crippen LogP contribution is 2.09. The largest absolute Gasteiger partial charge is 0.262 e. The Balaban J connectivity index is 2.00. The van der Waals surface area contributed by atoms with Crippen molar-refractivity contribution in [2.24, 2.45) is 10.1 Å². The molecule has 0 aliphatic heterocycles. The molecule has 0 spiro atoms. The maximum atomic E-state index is 4.57. The molecule has 0 saturated carbocycles. The second-order valence-electron chi connectivity index (χ2n) is 4.10. The number of aryl methyl sites for hydroxylation is 1. The van der Waals surface area contributed by atoms with Gasteiger partial charge in [0.2, 0.25) is 4.80 Å². The van der Waals surface area contributed by atoms with Crippen molar-refractivity contribution in [1.29, 1.82) is 0 Å². The summed E-state index contributed by atoms with van der Waals surface area (Å²) in [5, 5.41) is 10.6. The third-order valence-electron chi connectivity index (χ3n) is 2.59. The van der Waals surface area contributed by atoms with E-state index in [0.717, 1.165) is 21.7 Å². The van der Waals surface area contributed by atoms with Gasteiger partial charge in [-0.15, -0.1) is 11.3 Å². The normalized spacial score (nSPS) is 12.3. The summed E-state index contributed by atoms with van der Waals surface area (Å²) in [5.41, 5.74) is 2.98. The van der Waals surface area contributed by atoms with Gasteiger partial charge >= 0.3 is 0 Å². The van der Waals surface area contributed by atoms with Crippen LogP contribution in [0.2, 0.25) is 0 Å². The molecule has 3 aromatic rings. The Kier molecular flexibility index (Phi) is 3.85. The first-order valence-corrected chi connectivity index (χ1v) is 7.83. The molecule has 20 heavy (non-hydrogen) atoms. The second-order valence-corrected chi connectivity index (χ2v) is 5.71. The summed E-state index contributed by atoms with van der Waals surface area (Å²) in [6, 6.07) is 5.83. The van der Waals surface area contributed by atoms with Crippen LogP contribution in [-0.4, -0.2) is 15.9 Å². The fourth-order valence-electron chi connectivity index (χ4n) is 1.61. The molecule has 0 bridgehead atoms. The van der Waals surface area contributed by atoms with Crippen LogP contribution in [0.25, 0.3) is 0 Å². The minimum atomic E-state index is 0.828. The molecule has 3 rings (SSSR count). The van der Waals surface area contributed by atoms with Gasteiger partial charge in [0.25, 0.3) is 0 Å². The molecule has 0 saturated heterocycles. The van der Waals surface area contributed by atoms with E-state index in [4.69, 9.17) is 0 Å². The lowest BCUT2D eigenvalue weighted by atomic mass is 10.4. The van der Waals surface area contributed by atoms with Gasteiger partial charge in [-0.3, -0.25) is 4.98 Å². The molecule has 3 heterocycles. The first-order valence-electron chi connectivity index (χ1n) is 6.01. The fourth-order valence-corrected chi connectivity index (χ4v) is 3.04. The van der Waals surface area contributed by atoms with Gasteiger partial charge < -0.3 is 0 Å². The summed E-state index contributed by atoms with van der Waals surface area (Å²) in [6.45, 7) is 2.02. The van der Waals surface area contributed by atoms with Gasteiger partial charge in [-0.05, 0) is 35.9 Å². The molecule has 3 aromatic heterocycles. The number of hydrogen-bond acceptors (Lipinski definition) is 5. The van der Waals surface area contributed by atoms with Crippen LogP contribution in [0.15, 0.2) is 56.8 Å². The monoisotopic (exact) mass is 300 g/mol. The van der Waals surface area contributed by atoms with E-state index in [-0.39, 0.29) is 0 Å². The minimum Gasteiger partial charge on any atom is -0.262 e. The van der Waals surface area contributed by atoms with Crippen LogP contribution in [-0.2, 0) is 0 Å². The number of nitrogens with zero attached hydrogens (tertiary/aromatic N) is 4. The zero-order valence-electron chi connectivity index (χ0n) is 10.8. The lowest BCUT2D eigenvalue weighted by Crippen LogP contribution is -2.11. The lowest BCUT2D eigenvalue weighted by molar-refractivity contribution is 0.809. The molecule has 0 atom stereocenters. The third-order valence-corrected chi connectivity index (χ3v) is 4.22. The van der Waals surface area contributed by atoms with Gasteiger partial charge in [0.05, 0.1) is 23.8 Å². The van der Waals surface area contributed by atoms with Crippen LogP contribution in [0.5, 0.6) is 0 Å². The Morgan fingerprint density at radius 3 is 3.00 bits per heavy atom. The molecule has 100 valence electrons. The summed E-state index contributed by atoms with van der Waals surface area (Å²) < 4.78 is 1.84. The van der Waals surface area contributed by atoms with Gasteiger partial charge in [0, 0.05) is 17.1 Å². The molecule has 0 aliphatic rings. The van der Waals surface area contributed by atoms with Crippen LogP contribution >= 0.6 is 22.7 Å². The van der Waals surface area contributed by atoms with Gasteiger partial charge in [-0.1, -0.05) is 0 Å². The molecule has 4 nitrogen and oxygen atoms in total. The van der Waals surface area contributed by atoms with Crippen LogP contribution in [0.1, 0.15) is 11.3 Å². The van der Waals surface area contributed by atoms with Gasteiger partial charge in [-0.2, -0.15) is 16.4 Å². The molecule has 0 unspecified atom stereocenters. The number of aromatic nitrogens is 2. The molecule has 0 fully saturated rings. The third kappa shape index (κ3) is 2.92. The zero-order valence-corrected chi connectivity index (χ0v) is 12.4. The molecule has 0 amide bonds. The van der Waals surface area contributed by atoms with E-state index in [9.17, 15) is 0 Å². The molecule has 0 N–H and O–H groups in total. The van der Waals surface area contributed by atoms with E-state index in [1.807, 2.05) is 46.8 Å². The van der Waals surface area contributed by atoms with Crippen molar-refractivity contribution in [2.45, 2.75) is 6.92 Å². The van der Waals surface area contributed by atoms with E-state index in [1.54, 1.807) is 35.1 Å². The Labute approximate surface area is 124 Å². The zero-order chi connectivity index (χ0) is 13.8. The number of thiazole rings is 1. The van der Waals surface area contributed by atoms with Crippen molar-refractivity contribution in [2.75, 3.05) is 0 Å². The van der Waals surface area contributed by atoms with Crippen LogP contribution < -0.4 is 4.80 Å². The molecular formula is C14H12N4S2. The Bertz CT molecular complexity index is 767. The van der Waals surface area contributed by atoms with Crippen molar-refractivity contribution >= 4 is 34.6 Å². The van der Waals surface area contributed by atoms with E-state index in [1.165, 1.54) is 0 Å². The molecule has 0 aromatic carbocycles. The highest BCUT2D eigenvalue weighted by molar-refractivity contribution is 7.08. The quantitative estimate of drug-likeness (QED) is 0.683. The van der Waals surface area contributed by atoms with Crippen molar-refractivity contribution in [3.63, 3.8) is 0 Å². The summed E-state index contributed by atoms with van der Waals surface area (Å²) in [5.74, 6) is 0. The molecule has 6 heteroatoms. The maximum absolute atomic E-state index is 4.57. The maximum Gasteiger partial charge on any atom is 0.211 e. The highest BCUT2D eigenvalue weighted by atomic mass is 32.1. The SMILES string of the molecule is Cc1csc(=Nc2cccnc2)n1N=Cc1ccsc1. The Hall–Kier alpha value is -2.05. The predicted octanol–water partition coefficient (Wildman–Crippen LogP) is 3.43. The number of thiophene rings is 1. The van der Waals surface area contributed by atoms with E-state index >= 15 is 0 Å². The van der Waals surface area contributed by atoms with Crippen molar-refractivity contribution in [3.8, 4) is 0 Å². The Morgan fingerprint density at radius 1 is 1.30 bits per heavy atom. The minimum absolute atomic E-state index is 0.828. The van der Waals surface area contributed by atoms with Crippen LogP contribution in [0.4, 0.5) is 5.69 Å². The van der Waals surface area contributed by atoms with E-state index in [0.29, 0.717) is 0 Å². The average Bonchev–Trinajstić information content (AvgIpc) is 3.09. The fraction of sp³-hybridized carbons (Fsp3) is 0.0714. The average molecular weight is 300 g/mol. The van der Waals surface area contributed by atoms with Crippen molar-refractivity contribution in [3.05, 3.63) is 62.8 Å². The smallest absolute Gasteiger partial charge is 0.211 e. The molecular weight excluding hydrogens is 288 g/mol.